The third-order valence-corrected chi connectivity index (χ3v) is 2.32. The molecule has 0 heterocycles. The van der Waals surface area contributed by atoms with E-state index in [1.165, 1.54) is 16.7 Å². The second kappa shape index (κ2) is 4.07. The van der Waals surface area contributed by atoms with Crippen LogP contribution in [-0.2, 0) is 6.54 Å². The van der Waals surface area contributed by atoms with Gasteiger partial charge in [0.15, 0.2) is 0 Å². The molecule has 0 spiro atoms. The first kappa shape index (κ1) is 8.97. The van der Waals surface area contributed by atoms with Gasteiger partial charge in [-0.25, -0.2) is 0 Å². The molecule has 0 atom stereocenters. The quantitative estimate of drug-likeness (QED) is 0.740. The Morgan fingerprint density at radius 1 is 0.786 bits per heavy atom. The van der Waals surface area contributed by atoms with Gasteiger partial charge >= 0.3 is 0 Å². The van der Waals surface area contributed by atoms with E-state index in [2.05, 4.69) is 54.3 Å². The summed E-state index contributed by atoms with van der Waals surface area (Å²) in [6.45, 7) is 0.848. The SMILES string of the molecule is [NH3+]Cc1cccc(-c2ccccc2)c1. The van der Waals surface area contributed by atoms with E-state index in [0.717, 1.165) is 6.54 Å². The lowest BCUT2D eigenvalue weighted by atomic mass is 10.0. The van der Waals surface area contributed by atoms with Gasteiger partial charge in [-0.1, -0.05) is 48.5 Å². The number of hydrogen-bond donors (Lipinski definition) is 1. The Morgan fingerprint density at radius 2 is 1.50 bits per heavy atom. The van der Waals surface area contributed by atoms with Gasteiger partial charge in [-0.05, 0) is 17.2 Å². The molecule has 2 aromatic carbocycles. The topological polar surface area (TPSA) is 27.6 Å². The summed E-state index contributed by atoms with van der Waals surface area (Å²) in [5.41, 5.74) is 7.71. The molecule has 0 amide bonds. The maximum absolute atomic E-state index is 3.89. The smallest absolute Gasteiger partial charge is 0.0997 e. The summed E-state index contributed by atoms with van der Waals surface area (Å²) < 4.78 is 0. The van der Waals surface area contributed by atoms with Crippen LogP contribution in [0.2, 0.25) is 0 Å². The van der Waals surface area contributed by atoms with Gasteiger partial charge in [0.05, 0.1) is 6.54 Å². The highest BCUT2D eigenvalue weighted by molar-refractivity contribution is 5.63. The number of benzene rings is 2. The second-order valence-electron chi connectivity index (χ2n) is 3.32. The van der Waals surface area contributed by atoms with Gasteiger partial charge in [0.2, 0.25) is 0 Å². The van der Waals surface area contributed by atoms with Gasteiger partial charge in [0.25, 0.3) is 0 Å². The normalized spacial score (nSPS) is 10.1. The number of hydrogen-bond acceptors (Lipinski definition) is 0. The number of rotatable bonds is 2. The summed E-state index contributed by atoms with van der Waals surface area (Å²) in [5.74, 6) is 0. The summed E-state index contributed by atoms with van der Waals surface area (Å²) >= 11 is 0. The van der Waals surface area contributed by atoms with Gasteiger partial charge in [-0.15, -0.1) is 0 Å². The maximum atomic E-state index is 3.89. The van der Waals surface area contributed by atoms with Crippen molar-refractivity contribution < 1.29 is 5.73 Å². The van der Waals surface area contributed by atoms with Gasteiger partial charge in [0, 0.05) is 5.56 Å². The molecule has 0 aliphatic carbocycles. The van der Waals surface area contributed by atoms with Crippen molar-refractivity contribution in [2.24, 2.45) is 0 Å². The van der Waals surface area contributed by atoms with E-state index in [9.17, 15) is 0 Å². The van der Waals surface area contributed by atoms with Crippen LogP contribution in [0.25, 0.3) is 11.1 Å². The third-order valence-electron chi connectivity index (χ3n) is 2.32. The molecular weight excluding hydrogens is 170 g/mol. The van der Waals surface area contributed by atoms with Crippen molar-refractivity contribution >= 4 is 0 Å². The Morgan fingerprint density at radius 3 is 2.21 bits per heavy atom. The lowest BCUT2D eigenvalue weighted by Gasteiger charge is -2.02. The van der Waals surface area contributed by atoms with Crippen LogP contribution in [0.1, 0.15) is 5.56 Å². The molecule has 0 aliphatic rings. The Labute approximate surface area is 84.2 Å². The van der Waals surface area contributed by atoms with Crippen molar-refractivity contribution in [3.63, 3.8) is 0 Å². The van der Waals surface area contributed by atoms with Crippen molar-refractivity contribution in [3.05, 3.63) is 60.2 Å². The van der Waals surface area contributed by atoms with Crippen molar-refractivity contribution in [2.75, 3.05) is 0 Å². The van der Waals surface area contributed by atoms with E-state index in [-0.39, 0.29) is 0 Å². The summed E-state index contributed by atoms with van der Waals surface area (Å²) in [6, 6.07) is 18.9. The Kier molecular flexibility index (Phi) is 2.61. The second-order valence-corrected chi connectivity index (χ2v) is 3.32. The highest BCUT2D eigenvalue weighted by Crippen LogP contribution is 2.19. The molecule has 1 heteroatoms. The molecule has 0 bridgehead atoms. The van der Waals surface area contributed by atoms with E-state index in [0.29, 0.717) is 0 Å². The molecular formula is C13H14N+. The first-order valence-electron chi connectivity index (χ1n) is 4.84. The first-order chi connectivity index (χ1) is 6.90. The molecule has 0 aliphatic heterocycles. The lowest BCUT2D eigenvalue weighted by Crippen LogP contribution is -2.47. The molecule has 0 fully saturated rings. The zero-order valence-electron chi connectivity index (χ0n) is 8.11. The van der Waals surface area contributed by atoms with Gasteiger partial charge in [-0.3, -0.25) is 0 Å². The van der Waals surface area contributed by atoms with Crippen LogP contribution in [0.3, 0.4) is 0 Å². The van der Waals surface area contributed by atoms with Crippen molar-refractivity contribution in [1.29, 1.82) is 0 Å². The van der Waals surface area contributed by atoms with Crippen molar-refractivity contribution in [3.8, 4) is 11.1 Å². The minimum Gasteiger partial charge on any atom is -0.354 e. The third kappa shape index (κ3) is 1.83. The average Bonchev–Trinajstić information content (AvgIpc) is 2.30. The van der Waals surface area contributed by atoms with E-state index in [4.69, 9.17) is 0 Å². The summed E-state index contributed by atoms with van der Waals surface area (Å²) in [4.78, 5) is 0. The zero-order chi connectivity index (χ0) is 9.80. The Hall–Kier alpha value is -1.60. The highest BCUT2D eigenvalue weighted by Gasteiger charge is 1.97. The molecule has 0 saturated heterocycles. The monoisotopic (exact) mass is 184 g/mol. The molecule has 0 aromatic heterocycles. The van der Waals surface area contributed by atoms with Gasteiger partial charge < -0.3 is 5.73 Å². The largest absolute Gasteiger partial charge is 0.354 e. The average molecular weight is 184 g/mol. The Balaban J connectivity index is 2.42. The van der Waals surface area contributed by atoms with Crippen molar-refractivity contribution in [1.82, 2.24) is 0 Å². The molecule has 0 saturated carbocycles. The number of quaternary nitrogens is 1. The zero-order valence-corrected chi connectivity index (χ0v) is 8.11. The molecule has 14 heavy (non-hydrogen) atoms. The van der Waals surface area contributed by atoms with E-state index in [1.54, 1.807) is 0 Å². The molecule has 0 unspecified atom stereocenters. The van der Waals surface area contributed by atoms with E-state index < -0.39 is 0 Å². The van der Waals surface area contributed by atoms with Crippen molar-refractivity contribution in [2.45, 2.75) is 6.54 Å². The summed E-state index contributed by atoms with van der Waals surface area (Å²) in [5, 5.41) is 0. The fourth-order valence-corrected chi connectivity index (χ4v) is 1.54. The van der Waals surface area contributed by atoms with Crippen LogP contribution >= 0.6 is 0 Å². The highest BCUT2D eigenvalue weighted by atomic mass is 14.5. The van der Waals surface area contributed by atoms with Gasteiger partial charge in [0.1, 0.15) is 0 Å². The van der Waals surface area contributed by atoms with Crippen LogP contribution in [-0.4, -0.2) is 0 Å². The fourth-order valence-electron chi connectivity index (χ4n) is 1.54. The lowest BCUT2D eigenvalue weighted by molar-refractivity contribution is -0.386. The summed E-state index contributed by atoms with van der Waals surface area (Å²) in [7, 11) is 0. The summed E-state index contributed by atoms with van der Waals surface area (Å²) in [6.07, 6.45) is 0. The first-order valence-corrected chi connectivity index (χ1v) is 4.84. The molecule has 0 radical (unpaired) electrons. The van der Waals surface area contributed by atoms with Crippen LogP contribution in [0.5, 0.6) is 0 Å². The molecule has 2 aromatic rings. The Bertz CT molecular complexity index is 407. The van der Waals surface area contributed by atoms with Crippen LogP contribution in [0.4, 0.5) is 0 Å². The minimum absolute atomic E-state index is 0.848. The predicted octanol–water partition coefficient (Wildman–Crippen LogP) is 2.10. The van der Waals surface area contributed by atoms with Crippen LogP contribution in [0.15, 0.2) is 54.6 Å². The van der Waals surface area contributed by atoms with Gasteiger partial charge in [-0.2, -0.15) is 0 Å². The van der Waals surface area contributed by atoms with E-state index in [1.807, 2.05) is 6.07 Å². The fraction of sp³-hybridized carbons (Fsp3) is 0.0769. The minimum atomic E-state index is 0.848. The van der Waals surface area contributed by atoms with E-state index >= 15 is 0 Å². The molecule has 70 valence electrons. The molecule has 3 N–H and O–H groups in total. The predicted molar refractivity (Wildman–Crippen MR) is 58.5 cm³/mol. The standard InChI is InChI=1S/C13H13N/c14-10-11-5-4-8-13(9-11)12-6-2-1-3-7-12/h1-9H,10,14H2/p+1. The molecule has 2 rings (SSSR count). The van der Waals surface area contributed by atoms with Crippen LogP contribution in [0, 0.1) is 0 Å². The van der Waals surface area contributed by atoms with Crippen LogP contribution < -0.4 is 5.73 Å². The maximum Gasteiger partial charge on any atom is 0.0997 e. The molecule has 1 nitrogen and oxygen atoms in total.